The highest BCUT2D eigenvalue weighted by Crippen LogP contribution is 2.66. The van der Waals surface area contributed by atoms with Crippen LogP contribution < -0.4 is 14.5 Å². The number of anilines is 2. The van der Waals surface area contributed by atoms with Crippen molar-refractivity contribution in [2.75, 3.05) is 69.5 Å². The maximum Gasteiger partial charge on any atom is 0.421 e. The first-order chi connectivity index (χ1) is 30.4. The fourth-order valence-corrected chi connectivity index (χ4v) is 9.82. The van der Waals surface area contributed by atoms with Crippen molar-refractivity contribution < 1.29 is 43.2 Å². The molecule has 3 amide bonds. The van der Waals surface area contributed by atoms with Crippen molar-refractivity contribution in [1.29, 1.82) is 0 Å². The zero-order valence-corrected chi connectivity index (χ0v) is 34.1. The molecule has 0 bridgehead atoms. The van der Waals surface area contributed by atoms with Crippen LogP contribution in [0.15, 0.2) is 128 Å². The van der Waals surface area contributed by atoms with Crippen molar-refractivity contribution in [3.05, 3.63) is 150 Å². The molecule has 6 unspecified atom stereocenters. The number of aliphatic hydroxyl groups is 1. The smallest absolute Gasteiger partial charge is 0.421 e. The van der Waals surface area contributed by atoms with Crippen LogP contribution in [0.4, 0.5) is 16.4 Å². The Balaban J connectivity index is 1.29. The molecule has 5 aromatic rings. The number of hydrogen-bond donors (Lipinski definition) is 1. The number of ether oxygens (including phenoxy) is 4. The average Bonchev–Trinajstić information content (AvgIpc) is 3.78. The van der Waals surface area contributed by atoms with Crippen LogP contribution in [0.2, 0.25) is 0 Å². The van der Waals surface area contributed by atoms with E-state index in [0.29, 0.717) is 35.9 Å². The average molecular weight is 839 g/mol. The van der Waals surface area contributed by atoms with E-state index >= 15 is 14.4 Å². The number of rotatable bonds is 11. The number of carbonyl (C=O) groups excluding carboxylic acids is 4. The van der Waals surface area contributed by atoms with E-state index in [9.17, 15) is 9.90 Å². The number of amides is 3. The number of methoxy groups -OCH3 is 1. The number of esters is 1. The number of morpholine rings is 1. The van der Waals surface area contributed by atoms with Crippen LogP contribution in [0.3, 0.4) is 0 Å². The predicted octanol–water partition coefficient (Wildman–Crippen LogP) is 4.65. The highest BCUT2D eigenvalue weighted by Gasteiger charge is 2.76. The summed E-state index contributed by atoms with van der Waals surface area (Å²) in [4.78, 5) is 77.1. The van der Waals surface area contributed by atoms with Gasteiger partial charge in [0.2, 0.25) is 17.8 Å². The van der Waals surface area contributed by atoms with Gasteiger partial charge < -0.3 is 33.9 Å². The number of carbonyl (C=O) groups is 4. The Bertz CT molecular complexity index is 2420. The highest BCUT2D eigenvalue weighted by atomic mass is 16.6. The zero-order chi connectivity index (χ0) is 42.8. The van der Waals surface area contributed by atoms with Crippen molar-refractivity contribution in [3.8, 4) is 5.75 Å². The Kier molecular flexibility index (Phi) is 11.4. The number of aliphatic hydroxyl groups excluding tert-OH is 1. The first-order valence-corrected chi connectivity index (χ1v) is 20.7. The Hall–Kier alpha value is -6.68. The van der Waals surface area contributed by atoms with Gasteiger partial charge in [-0.25, -0.2) is 19.7 Å². The van der Waals surface area contributed by atoms with Crippen LogP contribution in [-0.4, -0.2) is 115 Å². The molecule has 3 saturated heterocycles. The summed E-state index contributed by atoms with van der Waals surface area (Å²) in [5.41, 5.74) is 0.770. The largest absolute Gasteiger partial charge is 0.491 e. The summed E-state index contributed by atoms with van der Waals surface area (Å²) >= 11 is 0. The molecule has 4 aromatic carbocycles. The maximum atomic E-state index is 16.1. The van der Waals surface area contributed by atoms with Gasteiger partial charge in [-0.1, -0.05) is 91.0 Å². The molecule has 15 nitrogen and oxygen atoms in total. The molecule has 0 saturated carbocycles. The van der Waals surface area contributed by atoms with Gasteiger partial charge in [-0.05, 0) is 46.5 Å². The molecule has 0 aliphatic carbocycles. The molecular formula is C47H46N6O9. The van der Waals surface area contributed by atoms with Gasteiger partial charge in [-0.3, -0.25) is 19.3 Å². The lowest BCUT2D eigenvalue weighted by Crippen LogP contribution is -2.59. The van der Waals surface area contributed by atoms with Gasteiger partial charge in [-0.2, -0.15) is 0 Å². The first kappa shape index (κ1) is 40.7. The summed E-state index contributed by atoms with van der Waals surface area (Å²) in [6, 6.07) is 31.7. The van der Waals surface area contributed by atoms with Crippen molar-refractivity contribution in [1.82, 2.24) is 19.8 Å². The van der Waals surface area contributed by atoms with Crippen LogP contribution in [0, 0.1) is 5.92 Å². The summed E-state index contributed by atoms with van der Waals surface area (Å²) in [6.07, 6.45) is 1.51. The Morgan fingerprint density at radius 1 is 0.774 bits per heavy atom. The maximum absolute atomic E-state index is 16.1. The van der Waals surface area contributed by atoms with E-state index in [0.717, 1.165) is 16.0 Å². The molecule has 15 heteroatoms. The monoisotopic (exact) mass is 838 g/mol. The second-order valence-electron chi connectivity index (χ2n) is 15.5. The van der Waals surface area contributed by atoms with Gasteiger partial charge in [-0.15, -0.1) is 0 Å². The Morgan fingerprint density at radius 2 is 1.45 bits per heavy atom. The van der Waals surface area contributed by atoms with Crippen molar-refractivity contribution in [3.63, 3.8) is 0 Å². The van der Waals surface area contributed by atoms with Crippen LogP contribution in [0.5, 0.6) is 5.75 Å². The first-order valence-electron chi connectivity index (χ1n) is 20.7. The normalized spacial score (nSPS) is 24.4. The number of aromatic nitrogens is 2. The predicted molar refractivity (Wildman–Crippen MR) is 225 cm³/mol. The van der Waals surface area contributed by atoms with Gasteiger partial charge >= 0.3 is 12.1 Å². The topological polar surface area (TPSA) is 164 Å². The van der Waals surface area contributed by atoms with E-state index in [1.165, 1.54) is 7.11 Å². The fourth-order valence-electron chi connectivity index (χ4n) is 9.82. The third-order valence-corrected chi connectivity index (χ3v) is 12.3. The fraction of sp³-hybridized carbons (Fsp3) is 0.319. The van der Waals surface area contributed by atoms with E-state index in [2.05, 4.69) is 9.97 Å². The van der Waals surface area contributed by atoms with Crippen LogP contribution in [0.25, 0.3) is 0 Å². The van der Waals surface area contributed by atoms with Crippen molar-refractivity contribution >= 4 is 35.5 Å². The number of cyclic esters (lactones) is 1. The standard InChI is InChI=1S/C47H46N6O9/c1-59-28-29-61-46(58)52-36-19-9-8-18-35(36)47(44(52)57)37(42(55)50-22-24-51(25-23-50)45-48-20-11-21-49-45)39-43(56)62-40(32-14-6-3-7-15-32)38(31-12-4-2-5-13-31)53(39)41(47)33-16-10-17-34(30-33)60-27-26-54/h2-21,30,37-41,54H,22-29H2,1H3. The number of benzene rings is 4. The van der Waals surface area contributed by atoms with Gasteiger partial charge in [0.15, 0.2) is 0 Å². The van der Waals surface area contributed by atoms with Gasteiger partial charge in [0.25, 0.3) is 0 Å². The summed E-state index contributed by atoms with van der Waals surface area (Å²) < 4.78 is 23.3. The number of piperazine rings is 1. The molecule has 1 N–H and O–H groups in total. The van der Waals surface area contributed by atoms with Gasteiger partial charge in [0.05, 0.1) is 36.9 Å². The molecule has 6 atom stereocenters. The number of imide groups is 1. The molecule has 1 spiro atoms. The summed E-state index contributed by atoms with van der Waals surface area (Å²) in [5.74, 6) is -2.31. The number of para-hydroxylation sites is 1. The minimum absolute atomic E-state index is 0.00458. The molecule has 3 fully saturated rings. The molecule has 0 radical (unpaired) electrons. The summed E-state index contributed by atoms with van der Waals surface area (Å²) in [6.45, 7) is 1.01. The lowest BCUT2D eigenvalue weighted by molar-refractivity contribution is -0.179. The quantitative estimate of drug-likeness (QED) is 0.145. The van der Waals surface area contributed by atoms with Gasteiger partial charge in [0, 0.05) is 45.7 Å². The molecule has 1 aromatic heterocycles. The Labute approximate surface area is 358 Å². The zero-order valence-electron chi connectivity index (χ0n) is 34.1. The Morgan fingerprint density at radius 3 is 2.16 bits per heavy atom. The summed E-state index contributed by atoms with van der Waals surface area (Å²) in [7, 11) is 1.48. The van der Waals surface area contributed by atoms with Crippen LogP contribution >= 0.6 is 0 Å². The van der Waals surface area contributed by atoms with E-state index < -0.39 is 59.4 Å². The van der Waals surface area contributed by atoms with Crippen LogP contribution in [0.1, 0.15) is 40.4 Å². The third kappa shape index (κ3) is 6.91. The molecule has 318 valence electrons. The summed E-state index contributed by atoms with van der Waals surface area (Å²) in [5, 5.41) is 9.72. The van der Waals surface area contributed by atoms with E-state index in [1.807, 2.05) is 76.5 Å². The van der Waals surface area contributed by atoms with E-state index in [-0.39, 0.29) is 45.2 Å². The number of fused-ring (bicyclic) bond motifs is 3. The second-order valence-corrected chi connectivity index (χ2v) is 15.5. The highest BCUT2D eigenvalue weighted by molar-refractivity contribution is 6.23. The molecule has 5 heterocycles. The minimum atomic E-state index is -1.91. The number of hydrogen-bond acceptors (Lipinski definition) is 13. The molecule has 9 rings (SSSR count). The van der Waals surface area contributed by atoms with Crippen molar-refractivity contribution in [2.24, 2.45) is 5.92 Å². The molecule has 4 aliphatic heterocycles. The SMILES string of the molecule is COCCOC(=O)N1C(=O)C2(c3ccccc31)C(C(=O)N1CCN(c3ncccn3)CC1)C1C(=O)OC(c3ccccc3)C(c3ccccc3)N1C2c1cccc(OCCO)c1. The lowest BCUT2D eigenvalue weighted by Gasteiger charge is -2.46. The molecule has 62 heavy (non-hydrogen) atoms. The second kappa shape index (κ2) is 17.4. The third-order valence-electron chi connectivity index (χ3n) is 12.3. The van der Waals surface area contributed by atoms with E-state index in [1.54, 1.807) is 65.8 Å². The number of nitrogens with zero attached hydrogens (tertiary/aromatic N) is 6. The molecule has 4 aliphatic rings. The molecular weight excluding hydrogens is 793 g/mol. The van der Waals surface area contributed by atoms with Crippen molar-refractivity contribution in [2.45, 2.75) is 29.6 Å². The lowest BCUT2D eigenvalue weighted by atomic mass is 9.65. The van der Waals surface area contributed by atoms with Crippen LogP contribution in [-0.2, 0) is 34.0 Å². The minimum Gasteiger partial charge on any atom is -0.491 e. The van der Waals surface area contributed by atoms with Gasteiger partial charge in [0.1, 0.15) is 36.5 Å². The van der Waals surface area contributed by atoms with E-state index in [4.69, 9.17) is 18.9 Å².